The molecule has 3 nitrogen and oxygen atoms in total. The van der Waals surface area contributed by atoms with Gasteiger partial charge >= 0.3 is 0 Å². The highest BCUT2D eigenvalue weighted by atomic mass is 79.9. The maximum Gasteiger partial charge on any atom is 0.255 e. The molecular formula is C10H10BrFN2O. The Morgan fingerprint density at radius 3 is 2.73 bits per heavy atom. The zero-order valence-electron chi connectivity index (χ0n) is 7.91. The quantitative estimate of drug-likeness (QED) is 0.840. The number of nitrogens with zero attached hydrogens (tertiary/aromatic N) is 1. The first-order valence-corrected chi connectivity index (χ1v) is 5.37. The van der Waals surface area contributed by atoms with Gasteiger partial charge in [0, 0.05) is 23.6 Å². The average Bonchev–Trinajstić information content (AvgIpc) is 2.12. The Balaban J connectivity index is 2.19. The van der Waals surface area contributed by atoms with Crippen LogP contribution in [0.4, 0.5) is 4.39 Å². The SMILES string of the molecule is NC1CN(C(=O)c2ccc(F)cc2Br)C1. The zero-order chi connectivity index (χ0) is 11.0. The lowest BCUT2D eigenvalue weighted by Crippen LogP contribution is -2.57. The van der Waals surface area contributed by atoms with Gasteiger partial charge in [0.2, 0.25) is 0 Å². The minimum absolute atomic E-state index is 0.0770. The second-order valence-corrected chi connectivity index (χ2v) is 4.45. The number of nitrogens with two attached hydrogens (primary N) is 1. The molecule has 0 radical (unpaired) electrons. The first-order valence-electron chi connectivity index (χ1n) is 4.58. The van der Waals surface area contributed by atoms with Crippen molar-refractivity contribution in [3.05, 3.63) is 34.1 Å². The molecule has 0 saturated carbocycles. The van der Waals surface area contributed by atoms with Crippen LogP contribution in [0.5, 0.6) is 0 Å². The fraction of sp³-hybridized carbons (Fsp3) is 0.300. The summed E-state index contributed by atoms with van der Waals surface area (Å²) in [4.78, 5) is 13.5. The van der Waals surface area contributed by atoms with Gasteiger partial charge in [-0.25, -0.2) is 4.39 Å². The van der Waals surface area contributed by atoms with E-state index in [9.17, 15) is 9.18 Å². The molecule has 0 bridgehead atoms. The number of rotatable bonds is 1. The van der Waals surface area contributed by atoms with Gasteiger partial charge in [-0.3, -0.25) is 4.79 Å². The summed E-state index contributed by atoms with van der Waals surface area (Å²) in [6.07, 6.45) is 0. The highest BCUT2D eigenvalue weighted by molar-refractivity contribution is 9.10. The molecule has 1 amide bonds. The fourth-order valence-electron chi connectivity index (χ4n) is 1.51. The summed E-state index contributed by atoms with van der Waals surface area (Å²) in [6, 6.07) is 4.11. The van der Waals surface area contributed by atoms with Gasteiger partial charge in [-0.15, -0.1) is 0 Å². The van der Waals surface area contributed by atoms with Crippen LogP contribution in [0.25, 0.3) is 0 Å². The molecule has 2 N–H and O–H groups in total. The molecule has 2 rings (SSSR count). The largest absolute Gasteiger partial charge is 0.335 e. The molecule has 15 heavy (non-hydrogen) atoms. The fourth-order valence-corrected chi connectivity index (χ4v) is 2.03. The van der Waals surface area contributed by atoms with Crippen molar-refractivity contribution in [3.8, 4) is 0 Å². The summed E-state index contributed by atoms with van der Waals surface area (Å²) in [7, 11) is 0. The van der Waals surface area contributed by atoms with Gasteiger partial charge < -0.3 is 10.6 Å². The smallest absolute Gasteiger partial charge is 0.255 e. The molecular weight excluding hydrogens is 263 g/mol. The van der Waals surface area contributed by atoms with E-state index in [0.717, 1.165) is 0 Å². The number of carbonyl (C=O) groups excluding carboxylic acids is 1. The van der Waals surface area contributed by atoms with Crippen LogP contribution >= 0.6 is 15.9 Å². The van der Waals surface area contributed by atoms with Gasteiger partial charge in [-0.2, -0.15) is 0 Å². The van der Waals surface area contributed by atoms with Crippen LogP contribution in [0.15, 0.2) is 22.7 Å². The summed E-state index contributed by atoms with van der Waals surface area (Å²) in [5.41, 5.74) is 6.06. The van der Waals surface area contributed by atoms with Crippen molar-refractivity contribution in [2.24, 2.45) is 5.73 Å². The maximum atomic E-state index is 12.8. The van der Waals surface area contributed by atoms with Gasteiger partial charge in [-0.1, -0.05) is 0 Å². The van der Waals surface area contributed by atoms with Crippen LogP contribution in [0.2, 0.25) is 0 Å². The zero-order valence-corrected chi connectivity index (χ0v) is 9.50. The van der Waals surface area contributed by atoms with Crippen LogP contribution in [-0.2, 0) is 0 Å². The van der Waals surface area contributed by atoms with E-state index >= 15 is 0 Å². The number of likely N-dealkylation sites (tertiary alicyclic amines) is 1. The van der Waals surface area contributed by atoms with Crippen molar-refractivity contribution < 1.29 is 9.18 Å². The number of hydrogen-bond donors (Lipinski definition) is 1. The predicted octanol–water partition coefficient (Wildman–Crippen LogP) is 1.37. The third-order valence-corrected chi connectivity index (χ3v) is 3.01. The molecule has 1 heterocycles. The molecule has 1 aromatic rings. The lowest BCUT2D eigenvalue weighted by atomic mass is 10.1. The minimum atomic E-state index is -0.362. The van der Waals surface area contributed by atoms with Crippen molar-refractivity contribution in [2.75, 3.05) is 13.1 Å². The molecule has 0 unspecified atom stereocenters. The standard InChI is InChI=1S/C10H10BrFN2O/c11-9-3-6(12)1-2-8(9)10(15)14-4-7(13)5-14/h1-3,7H,4-5,13H2. The van der Waals surface area contributed by atoms with E-state index in [2.05, 4.69) is 15.9 Å². The van der Waals surface area contributed by atoms with Gasteiger partial charge in [0.15, 0.2) is 0 Å². The topological polar surface area (TPSA) is 46.3 Å². The Labute approximate surface area is 95.2 Å². The van der Waals surface area contributed by atoms with Crippen LogP contribution in [-0.4, -0.2) is 29.9 Å². The van der Waals surface area contributed by atoms with Crippen molar-refractivity contribution in [1.29, 1.82) is 0 Å². The molecule has 0 aromatic heterocycles. The van der Waals surface area contributed by atoms with E-state index in [0.29, 0.717) is 23.1 Å². The molecule has 80 valence electrons. The molecule has 5 heteroatoms. The molecule has 0 atom stereocenters. The Bertz CT molecular complexity index is 404. The monoisotopic (exact) mass is 272 g/mol. The Kier molecular flexibility index (Phi) is 2.75. The summed E-state index contributed by atoms with van der Waals surface area (Å²) in [5.74, 6) is -0.470. The first kappa shape index (κ1) is 10.6. The van der Waals surface area contributed by atoms with E-state index < -0.39 is 0 Å². The van der Waals surface area contributed by atoms with Crippen LogP contribution in [0.3, 0.4) is 0 Å². The highest BCUT2D eigenvalue weighted by Gasteiger charge is 2.29. The molecule has 1 aromatic carbocycles. The molecule has 0 aliphatic carbocycles. The Morgan fingerprint density at radius 2 is 2.20 bits per heavy atom. The average molecular weight is 273 g/mol. The van der Waals surface area contributed by atoms with Crippen molar-refractivity contribution in [2.45, 2.75) is 6.04 Å². The second-order valence-electron chi connectivity index (χ2n) is 3.59. The predicted molar refractivity (Wildman–Crippen MR) is 58.0 cm³/mol. The summed E-state index contributed by atoms with van der Waals surface area (Å²) in [5, 5.41) is 0. The van der Waals surface area contributed by atoms with Crippen LogP contribution in [0.1, 0.15) is 10.4 Å². The normalized spacial score (nSPS) is 16.3. The number of benzene rings is 1. The highest BCUT2D eigenvalue weighted by Crippen LogP contribution is 2.21. The van der Waals surface area contributed by atoms with Gasteiger partial charge in [0.05, 0.1) is 5.56 Å². The van der Waals surface area contributed by atoms with E-state index in [4.69, 9.17) is 5.73 Å². The number of carbonyl (C=O) groups is 1. The third kappa shape index (κ3) is 2.03. The first-order chi connectivity index (χ1) is 7.08. The number of amides is 1. The van der Waals surface area contributed by atoms with Crippen molar-refractivity contribution in [3.63, 3.8) is 0 Å². The molecule has 0 spiro atoms. The minimum Gasteiger partial charge on any atom is -0.335 e. The summed E-state index contributed by atoms with van der Waals surface area (Å²) < 4.78 is 13.3. The van der Waals surface area contributed by atoms with Gasteiger partial charge in [0.25, 0.3) is 5.91 Å². The van der Waals surface area contributed by atoms with E-state index in [1.165, 1.54) is 18.2 Å². The van der Waals surface area contributed by atoms with Crippen molar-refractivity contribution >= 4 is 21.8 Å². The van der Waals surface area contributed by atoms with E-state index in [1.54, 1.807) is 4.90 Å². The molecule has 1 fully saturated rings. The number of hydrogen-bond acceptors (Lipinski definition) is 2. The van der Waals surface area contributed by atoms with Gasteiger partial charge in [-0.05, 0) is 34.1 Å². The maximum absolute atomic E-state index is 12.8. The van der Waals surface area contributed by atoms with Crippen molar-refractivity contribution in [1.82, 2.24) is 4.90 Å². The third-order valence-electron chi connectivity index (χ3n) is 2.36. The lowest BCUT2D eigenvalue weighted by molar-refractivity contribution is 0.0607. The van der Waals surface area contributed by atoms with Crippen LogP contribution < -0.4 is 5.73 Å². The van der Waals surface area contributed by atoms with Crippen LogP contribution in [0, 0.1) is 5.82 Å². The summed E-state index contributed by atoms with van der Waals surface area (Å²) >= 11 is 3.17. The lowest BCUT2D eigenvalue weighted by Gasteiger charge is -2.37. The van der Waals surface area contributed by atoms with E-state index in [1.807, 2.05) is 0 Å². The van der Waals surface area contributed by atoms with Gasteiger partial charge in [0.1, 0.15) is 5.82 Å². The molecule has 1 saturated heterocycles. The Hall–Kier alpha value is -0.940. The second kappa shape index (κ2) is 3.90. The molecule has 1 aliphatic rings. The summed E-state index contributed by atoms with van der Waals surface area (Å²) in [6.45, 7) is 1.14. The Morgan fingerprint density at radius 1 is 1.53 bits per heavy atom. The number of halogens is 2. The van der Waals surface area contributed by atoms with E-state index in [-0.39, 0.29) is 17.8 Å². The molecule has 1 aliphatic heterocycles.